The first-order valence-corrected chi connectivity index (χ1v) is 7.44. The molecule has 21 heavy (non-hydrogen) atoms. The summed E-state index contributed by atoms with van der Waals surface area (Å²) in [7, 11) is 0. The molecule has 1 unspecified atom stereocenters. The van der Waals surface area contributed by atoms with Crippen LogP contribution in [0.3, 0.4) is 0 Å². The van der Waals surface area contributed by atoms with Gasteiger partial charge in [-0.2, -0.15) is 0 Å². The highest BCUT2D eigenvalue weighted by Crippen LogP contribution is 2.32. The zero-order valence-electron chi connectivity index (χ0n) is 11.1. The molecule has 0 fully saturated rings. The average molecular weight is 379 g/mol. The molecule has 1 nitrogen and oxygen atoms in total. The zero-order valence-corrected chi connectivity index (χ0v) is 13.4. The number of halogens is 5. The molecule has 0 saturated carbocycles. The van der Waals surface area contributed by atoms with Gasteiger partial charge < -0.3 is 5.32 Å². The normalized spacial score (nSPS) is 12.5. The Bertz CT molecular complexity index is 664. The van der Waals surface area contributed by atoms with Gasteiger partial charge >= 0.3 is 0 Å². The lowest BCUT2D eigenvalue weighted by Crippen LogP contribution is -2.24. The Morgan fingerprint density at radius 3 is 2.43 bits per heavy atom. The summed E-state index contributed by atoms with van der Waals surface area (Å²) in [5, 5.41) is 2.90. The van der Waals surface area contributed by atoms with Gasteiger partial charge in [0.2, 0.25) is 0 Å². The van der Waals surface area contributed by atoms with Crippen molar-refractivity contribution in [1.29, 1.82) is 0 Å². The number of nitrogens with one attached hydrogen (secondary N) is 1. The molecular weight excluding hydrogens is 367 g/mol. The standard InChI is InChI=1S/C15H12BrClF3N/c1-2-21-15(8-3-5-11(18)10(17)7-8)13-12(19)6-4-9(16)14(13)20/h3-7,15,21H,2H2,1H3. The molecule has 0 saturated heterocycles. The fourth-order valence-corrected chi connectivity index (χ4v) is 2.62. The first kappa shape index (κ1) is 16.3. The molecule has 2 aromatic rings. The lowest BCUT2D eigenvalue weighted by atomic mass is 9.97. The summed E-state index contributed by atoms with van der Waals surface area (Å²) in [6.07, 6.45) is 0. The maximum Gasteiger partial charge on any atom is 0.145 e. The second kappa shape index (κ2) is 6.81. The smallest absolute Gasteiger partial charge is 0.145 e. The van der Waals surface area contributed by atoms with E-state index in [4.69, 9.17) is 11.6 Å². The van der Waals surface area contributed by atoms with E-state index in [1.165, 1.54) is 30.3 Å². The SMILES string of the molecule is CCNC(c1ccc(F)c(Cl)c1)c1c(F)ccc(Br)c1F. The van der Waals surface area contributed by atoms with E-state index in [-0.39, 0.29) is 15.1 Å². The van der Waals surface area contributed by atoms with E-state index < -0.39 is 23.5 Å². The first-order chi connectivity index (χ1) is 9.95. The van der Waals surface area contributed by atoms with E-state index in [9.17, 15) is 13.2 Å². The van der Waals surface area contributed by atoms with Crippen molar-refractivity contribution in [3.05, 3.63) is 68.4 Å². The molecule has 0 aliphatic carbocycles. The van der Waals surface area contributed by atoms with E-state index in [2.05, 4.69) is 21.2 Å². The molecule has 2 aromatic carbocycles. The van der Waals surface area contributed by atoms with Crippen LogP contribution in [0.2, 0.25) is 5.02 Å². The third kappa shape index (κ3) is 3.42. The Kier molecular flexibility index (Phi) is 5.30. The van der Waals surface area contributed by atoms with Crippen LogP contribution < -0.4 is 5.32 Å². The Hall–Kier alpha value is -1.04. The highest BCUT2D eigenvalue weighted by Gasteiger charge is 2.23. The van der Waals surface area contributed by atoms with Crippen molar-refractivity contribution >= 4 is 27.5 Å². The highest BCUT2D eigenvalue weighted by molar-refractivity contribution is 9.10. The lowest BCUT2D eigenvalue weighted by molar-refractivity contribution is 0.507. The minimum Gasteiger partial charge on any atom is -0.306 e. The van der Waals surface area contributed by atoms with Crippen LogP contribution >= 0.6 is 27.5 Å². The molecule has 112 valence electrons. The Labute approximate surface area is 134 Å². The van der Waals surface area contributed by atoms with Crippen molar-refractivity contribution in [3.8, 4) is 0 Å². The quantitative estimate of drug-likeness (QED) is 0.719. The van der Waals surface area contributed by atoms with Crippen LogP contribution in [0, 0.1) is 17.5 Å². The minimum atomic E-state index is -0.759. The van der Waals surface area contributed by atoms with Gasteiger partial charge in [0.1, 0.15) is 17.5 Å². The number of benzene rings is 2. The highest BCUT2D eigenvalue weighted by atomic mass is 79.9. The molecule has 2 rings (SSSR count). The summed E-state index contributed by atoms with van der Waals surface area (Å²) in [5.41, 5.74) is 0.355. The minimum absolute atomic E-state index is 0.0915. The van der Waals surface area contributed by atoms with Crippen molar-refractivity contribution in [2.24, 2.45) is 0 Å². The molecule has 0 spiro atoms. The van der Waals surface area contributed by atoms with Gasteiger partial charge in [-0.25, -0.2) is 13.2 Å². The van der Waals surface area contributed by atoms with Crippen molar-refractivity contribution in [2.75, 3.05) is 6.54 Å². The molecule has 0 bridgehead atoms. The molecule has 1 N–H and O–H groups in total. The van der Waals surface area contributed by atoms with E-state index in [1.807, 2.05) is 6.92 Å². The van der Waals surface area contributed by atoms with Crippen LogP contribution in [0.15, 0.2) is 34.8 Å². The van der Waals surface area contributed by atoms with Gasteiger partial charge in [0.25, 0.3) is 0 Å². The van der Waals surface area contributed by atoms with Crippen LogP contribution in [0.1, 0.15) is 24.1 Å². The molecule has 6 heteroatoms. The van der Waals surface area contributed by atoms with Gasteiger partial charge in [0, 0.05) is 5.56 Å². The topological polar surface area (TPSA) is 12.0 Å². The number of rotatable bonds is 4. The van der Waals surface area contributed by atoms with Crippen LogP contribution in [-0.2, 0) is 0 Å². The number of hydrogen-bond donors (Lipinski definition) is 1. The van der Waals surface area contributed by atoms with E-state index >= 15 is 0 Å². The van der Waals surface area contributed by atoms with Crippen molar-refractivity contribution in [2.45, 2.75) is 13.0 Å². The molecule has 0 aliphatic rings. The maximum atomic E-state index is 14.3. The molecule has 0 radical (unpaired) electrons. The predicted molar refractivity (Wildman–Crippen MR) is 81.0 cm³/mol. The lowest BCUT2D eigenvalue weighted by Gasteiger charge is -2.21. The van der Waals surface area contributed by atoms with Crippen LogP contribution in [0.4, 0.5) is 13.2 Å². The largest absolute Gasteiger partial charge is 0.306 e. The van der Waals surface area contributed by atoms with Gasteiger partial charge in [-0.15, -0.1) is 0 Å². The van der Waals surface area contributed by atoms with Crippen LogP contribution in [-0.4, -0.2) is 6.54 Å². The third-order valence-electron chi connectivity index (χ3n) is 3.05. The summed E-state index contributed by atoms with van der Waals surface area (Å²) in [5.74, 6) is -1.95. The zero-order chi connectivity index (χ0) is 15.6. The van der Waals surface area contributed by atoms with E-state index in [0.29, 0.717) is 12.1 Å². The van der Waals surface area contributed by atoms with Gasteiger partial charge in [-0.05, 0) is 52.3 Å². The summed E-state index contributed by atoms with van der Waals surface area (Å²) >= 11 is 8.80. The number of hydrogen-bond acceptors (Lipinski definition) is 1. The molecule has 0 aromatic heterocycles. The van der Waals surface area contributed by atoms with Crippen molar-refractivity contribution in [3.63, 3.8) is 0 Å². The second-order valence-electron chi connectivity index (χ2n) is 4.42. The summed E-state index contributed by atoms with van der Waals surface area (Å²) in [6, 6.07) is 5.71. The second-order valence-corrected chi connectivity index (χ2v) is 5.68. The average Bonchev–Trinajstić information content (AvgIpc) is 2.45. The molecular formula is C15H12BrClF3N. The van der Waals surface area contributed by atoms with Gasteiger partial charge in [0.15, 0.2) is 0 Å². The summed E-state index contributed by atoms with van der Waals surface area (Å²) < 4.78 is 41.8. The van der Waals surface area contributed by atoms with Crippen molar-refractivity contribution in [1.82, 2.24) is 5.32 Å². The Morgan fingerprint density at radius 1 is 1.14 bits per heavy atom. The molecule has 0 amide bonds. The maximum absolute atomic E-state index is 14.3. The van der Waals surface area contributed by atoms with E-state index in [1.54, 1.807) is 0 Å². The predicted octanol–water partition coefficient (Wildman–Crippen LogP) is 5.22. The van der Waals surface area contributed by atoms with Gasteiger partial charge in [0.05, 0.1) is 15.5 Å². The van der Waals surface area contributed by atoms with E-state index in [0.717, 1.165) is 0 Å². The molecule has 0 heterocycles. The first-order valence-electron chi connectivity index (χ1n) is 6.27. The van der Waals surface area contributed by atoms with Crippen LogP contribution in [0.25, 0.3) is 0 Å². The van der Waals surface area contributed by atoms with Crippen molar-refractivity contribution < 1.29 is 13.2 Å². The molecule has 0 aliphatic heterocycles. The summed E-state index contributed by atoms with van der Waals surface area (Å²) in [4.78, 5) is 0. The van der Waals surface area contributed by atoms with Crippen LogP contribution in [0.5, 0.6) is 0 Å². The molecule has 1 atom stereocenters. The fourth-order valence-electron chi connectivity index (χ4n) is 2.09. The van der Waals surface area contributed by atoms with Gasteiger partial charge in [-0.1, -0.05) is 24.6 Å². The monoisotopic (exact) mass is 377 g/mol. The fraction of sp³-hybridized carbons (Fsp3) is 0.200. The van der Waals surface area contributed by atoms with Gasteiger partial charge in [-0.3, -0.25) is 0 Å². The Balaban J connectivity index is 2.58. The third-order valence-corrected chi connectivity index (χ3v) is 3.96. The summed E-state index contributed by atoms with van der Waals surface area (Å²) in [6.45, 7) is 2.29. The Morgan fingerprint density at radius 2 is 1.81 bits per heavy atom.